The standard InChI is InChI=1S/C17H23N3/c1-14-3-5-15(6-4-14)16-11-17(12-16)19-7-2-9-20-10-8-18-13-20/h3-6,8,10,13,16-17,19H,2,7,9,11-12H2,1H3. The second kappa shape index (κ2) is 6.23. The van der Waals surface area contributed by atoms with Crippen molar-refractivity contribution in [2.45, 2.75) is 44.7 Å². The summed E-state index contributed by atoms with van der Waals surface area (Å²) in [6.45, 7) is 4.31. The Morgan fingerprint density at radius 2 is 2.05 bits per heavy atom. The Bertz CT molecular complexity index is 510. The van der Waals surface area contributed by atoms with Crippen LogP contribution in [-0.4, -0.2) is 22.1 Å². The third-order valence-corrected chi connectivity index (χ3v) is 4.27. The second-order valence-electron chi connectivity index (χ2n) is 5.88. The van der Waals surface area contributed by atoms with E-state index in [1.807, 2.05) is 18.7 Å². The maximum atomic E-state index is 4.06. The lowest BCUT2D eigenvalue weighted by Gasteiger charge is -2.36. The number of benzene rings is 1. The van der Waals surface area contributed by atoms with Gasteiger partial charge in [-0.1, -0.05) is 29.8 Å². The molecule has 0 aliphatic heterocycles. The molecule has 0 saturated heterocycles. The second-order valence-corrected chi connectivity index (χ2v) is 5.88. The highest BCUT2D eigenvalue weighted by atomic mass is 15.0. The topological polar surface area (TPSA) is 29.9 Å². The molecule has 1 aliphatic rings. The minimum atomic E-state index is 0.712. The molecule has 0 atom stereocenters. The predicted octanol–water partition coefficient (Wildman–Crippen LogP) is 3.12. The fourth-order valence-electron chi connectivity index (χ4n) is 2.88. The molecule has 1 aromatic heterocycles. The first-order valence-corrected chi connectivity index (χ1v) is 7.57. The summed E-state index contributed by atoms with van der Waals surface area (Å²) in [6, 6.07) is 9.73. The summed E-state index contributed by atoms with van der Waals surface area (Å²) in [6.07, 6.45) is 9.49. The molecular weight excluding hydrogens is 246 g/mol. The lowest BCUT2D eigenvalue weighted by Crippen LogP contribution is -2.40. The number of nitrogens with one attached hydrogen (secondary N) is 1. The number of imidazole rings is 1. The molecule has 1 aliphatic carbocycles. The van der Waals surface area contributed by atoms with Gasteiger partial charge in [0.25, 0.3) is 0 Å². The third kappa shape index (κ3) is 3.28. The number of aryl methyl sites for hydroxylation is 2. The van der Waals surface area contributed by atoms with Crippen LogP contribution in [-0.2, 0) is 6.54 Å². The van der Waals surface area contributed by atoms with Crippen molar-refractivity contribution >= 4 is 0 Å². The van der Waals surface area contributed by atoms with E-state index in [1.54, 1.807) is 0 Å². The van der Waals surface area contributed by atoms with Gasteiger partial charge in [-0.2, -0.15) is 0 Å². The molecule has 2 aromatic rings. The molecule has 0 radical (unpaired) electrons. The molecule has 1 fully saturated rings. The van der Waals surface area contributed by atoms with Crippen LogP contribution in [0.4, 0.5) is 0 Å². The Morgan fingerprint density at radius 3 is 2.75 bits per heavy atom. The molecule has 0 bridgehead atoms. The first-order chi connectivity index (χ1) is 9.81. The van der Waals surface area contributed by atoms with Crippen molar-refractivity contribution in [2.75, 3.05) is 6.54 Å². The van der Waals surface area contributed by atoms with Gasteiger partial charge in [0.05, 0.1) is 6.33 Å². The molecular formula is C17H23N3. The van der Waals surface area contributed by atoms with E-state index < -0.39 is 0 Å². The van der Waals surface area contributed by atoms with Gasteiger partial charge in [-0.15, -0.1) is 0 Å². The minimum absolute atomic E-state index is 0.712. The zero-order chi connectivity index (χ0) is 13.8. The lowest BCUT2D eigenvalue weighted by atomic mass is 9.76. The fraction of sp³-hybridized carbons (Fsp3) is 0.471. The van der Waals surface area contributed by atoms with Crippen LogP contribution in [0.1, 0.15) is 36.3 Å². The van der Waals surface area contributed by atoms with E-state index in [4.69, 9.17) is 0 Å². The van der Waals surface area contributed by atoms with E-state index in [9.17, 15) is 0 Å². The largest absolute Gasteiger partial charge is 0.337 e. The molecule has 1 heterocycles. The fourth-order valence-corrected chi connectivity index (χ4v) is 2.88. The van der Waals surface area contributed by atoms with Crippen LogP contribution < -0.4 is 5.32 Å². The van der Waals surface area contributed by atoms with Crippen LogP contribution in [0.5, 0.6) is 0 Å². The average molecular weight is 269 g/mol. The van der Waals surface area contributed by atoms with E-state index in [0.29, 0.717) is 6.04 Å². The summed E-state index contributed by atoms with van der Waals surface area (Å²) >= 11 is 0. The van der Waals surface area contributed by atoms with Crippen molar-refractivity contribution in [1.82, 2.24) is 14.9 Å². The van der Waals surface area contributed by atoms with Gasteiger partial charge < -0.3 is 9.88 Å². The van der Waals surface area contributed by atoms with Gasteiger partial charge in [-0.05, 0) is 44.2 Å². The summed E-state index contributed by atoms with van der Waals surface area (Å²) in [5.74, 6) is 0.766. The van der Waals surface area contributed by atoms with Gasteiger partial charge in [-0.25, -0.2) is 4.98 Å². The normalized spacial score (nSPS) is 21.6. The van der Waals surface area contributed by atoms with Crippen LogP contribution in [0.3, 0.4) is 0 Å². The van der Waals surface area contributed by atoms with E-state index >= 15 is 0 Å². The number of nitrogens with zero attached hydrogens (tertiary/aromatic N) is 2. The summed E-state index contributed by atoms with van der Waals surface area (Å²) in [5, 5.41) is 3.66. The Morgan fingerprint density at radius 1 is 1.25 bits per heavy atom. The predicted molar refractivity (Wildman–Crippen MR) is 81.8 cm³/mol. The molecule has 20 heavy (non-hydrogen) atoms. The molecule has 3 heteroatoms. The highest BCUT2D eigenvalue weighted by molar-refractivity contribution is 5.26. The van der Waals surface area contributed by atoms with Gasteiger partial charge >= 0.3 is 0 Å². The number of hydrogen-bond acceptors (Lipinski definition) is 2. The van der Waals surface area contributed by atoms with Crippen molar-refractivity contribution in [3.63, 3.8) is 0 Å². The molecule has 0 unspecified atom stereocenters. The summed E-state index contributed by atoms with van der Waals surface area (Å²) in [4.78, 5) is 4.06. The smallest absolute Gasteiger partial charge is 0.0945 e. The first-order valence-electron chi connectivity index (χ1n) is 7.57. The molecule has 3 rings (SSSR count). The van der Waals surface area contributed by atoms with E-state index in [2.05, 4.69) is 46.1 Å². The van der Waals surface area contributed by atoms with Crippen molar-refractivity contribution in [3.05, 3.63) is 54.1 Å². The van der Waals surface area contributed by atoms with Gasteiger partial charge in [-0.3, -0.25) is 0 Å². The van der Waals surface area contributed by atoms with E-state index in [0.717, 1.165) is 19.0 Å². The Labute approximate surface area is 121 Å². The zero-order valence-electron chi connectivity index (χ0n) is 12.1. The van der Waals surface area contributed by atoms with Crippen LogP contribution in [0.2, 0.25) is 0 Å². The Hall–Kier alpha value is -1.61. The molecule has 106 valence electrons. The molecule has 1 N–H and O–H groups in total. The molecule has 3 nitrogen and oxygen atoms in total. The van der Waals surface area contributed by atoms with E-state index in [1.165, 1.54) is 30.4 Å². The van der Waals surface area contributed by atoms with Crippen molar-refractivity contribution < 1.29 is 0 Å². The Balaban J connectivity index is 1.33. The van der Waals surface area contributed by atoms with E-state index in [-0.39, 0.29) is 0 Å². The molecule has 1 aromatic carbocycles. The van der Waals surface area contributed by atoms with Crippen molar-refractivity contribution in [3.8, 4) is 0 Å². The zero-order valence-corrected chi connectivity index (χ0v) is 12.1. The number of hydrogen-bond donors (Lipinski definition) is 1. The lowest BCUT2D eigenvalue weighted by molar-refractivity contribution is 0.289. The van der Waals surface area contributed by atoms with Crippen molar-refractivity contribution in [1.29, 1.82) is 0 Å². The van der Waals surface area contributed by atoms with Gasteiger partial charge in [0.15, 0.2) is 0 Å². The van der Waals surface area contributed by atoms with Crippen LogP contribution in [0, 0.1) is 6.92 Å². The molecule has 1 saturated carbocycles. The van der Waals surface area contributed by atoms with Crippen LogP contribution in [0.25, 0.3) is 0 Å². The monoisotopic (exact) mass is 269 g/mol. The first kappa shape index (κ1) is 13.4. The number of aromatic nitrogens is 2. The number of rotatable bonds is 6. The average Bonchev–Trinajstić information content (AvgIpc) is 2.91. The molecule has 0 spiro atoms. The highest BCUT2D eigenvalue weighted by Crippen LogP contribution is 2.36. The van der Waals surface area contributed by atoms with Gasteiger partial charge in [0, 0.05) is 25.0 Å². The summed E-state index contributed by atoms with van der Waals surface area (Å²) < 4.78 is 2.14. The highest BCUT2D eigenvalue weighted by Gasteiger charge is 2.29. The van der Waals surface area contributed by atoms with Gasteiger partial charge in [0.1, 0.15) is 0 Å². The SMILES string of the molecule is Cc1ccc(C2CC(NCCCn3ccnc3)C2)cc1. The summed E-state index contributed by atoms with van der Waals surface area (Å²) in [5.41, 5.74) is 2.86. The Kier molecular flexibility index (Phi) is 4.16. The molecule has 0 amide bonds. The minimum Gasteiger partial charge on any atom is -0.337 e. The van der Waals surface area contributed by atoms with Crippen LogP contribution >= 0.6 is 0 Å². The van der Waals surface area contributed by atoms with Crippen LogP contribution in [0.15, 0.2) is 43.0 Å². The third-order valence-electron chi connectivity index (χ3n) is 4.27. The van der Waals surface area contributed by atoms with Crippen molar-refractivity contribution in [2.24, 2.45) is 0 Å². The quantitative estimate of drug-likeness (QED) is 0.817. The van der Waals surface area contributed by atoms with Gasteiger partial charge in [0.2, 0.25) is 0 Å². The maximum absolute atomic E-state index is 4.06. The maximum Gasteiger partial charge on any atom is 0.0945 e. The summed E-state index contributed by atoms with van der Waals surface area (Å²) in [7, 11) is 0.